The molecule has 1 atom stereocenters. The second-order valence-electron chi connectivity index (χ2n) is 4.44. The van der Waals surface area contributed by atoms with Crippen LogP contribution in [0.5, 0.6) is 0 Å². The zero-order valence-electron chi connectivity index (χ0n) is 10.9. The van der Waals surface area contributed by atoms with E-state index in [0.29, 0.717) is 5.69 Å². The first-order chi connectivity index (χ1) is 8.38. The van der Waals surface area contributed by atoms with E-state index in [1.54, 1.807) is 0 Å². The SMILES string of the molecule is CCCC(C)N(C)c1cc(F)c(C(=O)O)cc1N. The maximum atomic E-state index is 13.6. The standard InChI is InChI=1S/C13H19FN2O2/c1-4-5-8(2)16(3)12-7-10(14)9(13(17)18)6-11(12)15/h6-8H,4-5,15H2,1-3H3,(H,17,18). The van der Waals surface area contributed by atoms with Crippen LogP contribution < -0.4 is 10.6 Å². The molecule has 0 aliphatic rings. The van der Waals surface area contributed by atoms with Crippen LogP contribution in [0.1, 0.15) is 37.0 Å². The average Bonchev–Trinajstić information content (AvgIpc) is 2.30. The fourth-order valence-corrected chi connectivity index (χ4v) is 1.90. The topological polar surface area (TPSA) is 66.6 Å². The number of hydrogen-bond acceptors (Lipinski definition) is 3. The highest BCUT2D eigenvalue weighted by Gasteiger charge is 2.18. The molecule has 0 aromatic heterocycles. The summed E-state index contributed by atoms with van der Waals surface area (Å²) >= 11 is 0. The second-order valence-corrected chi connectivity index (χ2v) is 4.44. The molecule has 0 aliphatic heterocycles. The molecule has 1 aromatic rings. The third kappa shape index (κ3) is 2.91. The third-order valence-corrected chi connectivity index (χ3v) is 3.09. The first-order valence-electron chi connectivity index (χ1n) is 5.93. The Bertz CT molecular complexity index is 449. The van der Waals surface area contributed by atoms with Crippen molar-refractivity contribution in [2.45, 2.75) is 32.7 Å². The van der Waals surface area contributed by atoms with Gasteiger partial charge in [0.1, 0.15) is 5.82 Å². The number of aromatic carboxylic acids is 1. The van der Waals surface area contributed by atoms with E-state index in [1.807, 2.05) is 18.9 Å². The van der Waals surface area contributed by atoms with Crippen molar-refractivity contribution >= 4 is 17.3 Å². The van der Waals surface area contributed by atoms with Crippen LogP contribution in [0.15, 0.2) is 12.1 Å². The van der Waals surface area contributed by atoms with Gasteiger partial charge in [-0.05, 0) is 19.4 Å². The molecule has 3 N–H and O–H groups in total. The lowest BCUT2D eigenvalue weighted by molar-refractivity contribution is 0.0692. The maximum absolute atomic E-state index is 13.6. The van der Waals surface area contributed by atoms with Gasteiger partial charge in [-0.25, -0.2) is 9.18 Å². The summed E-state index contributed by atoms with van der Waals surface area (Å²) in [4.78, 5) is 12.7. The average molecular weight is 254 g/mol. The fourth-order valence-electron chi connectivity index (χ4n) is 1.90. The summed E-state index contributed by atoms with van der Waals surface area (Å²) in [6.07, 6.45) is 1.97. The van der Waals surface area contributed by atoms with Gasteiger partial charge in [0.05, 0.1) is 16.9 Å². The predicted molar refractivity (Wildman–Crippen MR) is 70.5 cm³/mol. The lowest BCUT2D eigenvalue weighted by atomic mass is 10.1. The number of halogens is 1. The van der Waals surface area contributed by atoms with Crippen molar-refractivity contribution in [1.82, 2.24) is 0 Å². The predicted octanol–water partition coefficient (Wildman–Crippen LogP) is 2.73. The van der Waals surface area contributed by atoms with Gasteiger partial charge < -0.3 is 15.7 Å². The number of nitrogens with zero attached hydrogens (tertiary/aromatic N) is 1. The van der Waals surface area contributed by atoms with E-state index < -0.39 is 17.3 Å². The minimum absolute atomic E-state index is 0.215. The smallest absolute Gasteiger partial charge is 0.338 e. The summed E-state index contributed by atoms with van der Waals surface area (Å²) in [7, 11) is 1.83. The van der Waals surface area contributed by atoms with Gasteiger partial charge in [-0.15, -0.1) is 0 Å². The van der Waals surface area contributed by atoms with Gasteiger partial charge in [-0.1, -0.05) is 13.3 Å². The van der Waals surface area contributed by atoms with Crippen molar-refractivity contribution < 1.29 is 14.3 Å². The molecule has 0 bridgehead atoms. The Morgan fingerprint density at radius 1 is 1.56 bits per heavy atom. The number of nitrogen functional groups attached to an aromatic ring is 1. The molecule has 4 nitrogen and oxygen atoms in total. The van der Waals surface area contributed by atoms with Crippen LogP contribution >= 0.6 is 0 Å². The van der Waals surface area contributed by atoms with Crippen LogP contribution in [0.25, 0.3) is 0 Å². The lowest BCUT2D eigenvalue weighted by Crippen LogP contribution is -2.29. The number of carbonyl (C=O) groups is 1. The summed E-state index contributed by atoms with van der Waals surface area (Å²) in [6.45, 7) is 4.09. The van der Waals surface area contributed by atoms with Gasteiger partial charge in [0, 0.05) is 19.2 Å². The molecule has 0 aliphatic carbocycles. The number of carboxylic acid groups (broad SMARTS) is 1. The number of benzene rings is 1. The van der Waals surface area contributed by atoms with Gasteiger partial charge in [-0.2, -0.15) is 0 Å². The van der Waals surface area contributed by atoms with Crippen LogP contribution in [-0.4, -0.2) is 24.2 Å². The molecule has 0 fully saturated rings. The normalized spacial score (nSPS) is 12.2. The largest absolute Gasteiger partial charge is 0.478 e. The van der Waals surface area contributed by atoms with E-state index in [0.717, 1.165) is 12.8 Å². The van der Waals surface area contributed by atoms with Crippen molar-refractivity contribution in [3.63, 3.8) is 0 Å². The zero-order valence-corrected chi connectivity index (χ0v) is 10.9. The van der Waals surface area contributed by atoms with Crippen LogP contribution in [-0.2, 0) is 0 Å². The van der Waals surface area contributed by atoms with Crippen LogP contribution in [0, 0.1) is 5.82 Å². The minimum atomic E-state index is -1.31. The van der Waals surface area contributed by atoms with Gasteiger partial charge >= 0.3 is 5.97 Å². The summed E-state index contributed by atoms with van der Waals surface area (Å²) in [5, 5.41) is 8.80. The Hall–Kier alpha value is -1.78. The monoisotopic (exact) mass is 254 g/mol. The maximum Gasteiger partial charge on any atom is 0.338 e. The van der Waals surface area contributed by atoms with Crippen LogP contribution in [0.3, 0.4) is 0 Å². The lowest BCUT2D eigenvalue weighted by Gasteiger charge is -2.28. The molecule has 100 valence electrons. The summed E-state index contributed by atoms with van der Waals surface area (Å²) < 4.78 is 13.6. The van der Waals surface area contributed by atoms with E-state index in [-0.39, 0.29) is 11.7 Å². The number of anilines is 2. The molecule has 0 heterocycles. The first kappa shape index (κ1) is 14.3. The molecular weight excluding hydrogens is 235 g/mol. The van der Waals surface area contributed by atoms with Crippen molar-refractivity contribution in [2.24, 2.45) is 0 Å². The molecule has 1 aromatic carbocycles. The molecular formula is C13H19FN2O2. The highest BCUT2D eigenvalue weighted by Crippen LogP contribution is 2.28. The van der Waals surface area contributed by atoms with Gasteiger partial charge in [0.15, 0.2) is 0 Å². The highest BCUT2D eigenvalue weighted by atomic mass is 19.1. The molecule has 0 radical (unpaired) electrons. The Kier molecular flexibility index (Phi) is 4.53. The fraction of sp³-hybridized carbons (Fsp3) is 0.462. The summed E-state index contributed by atoms with van der Waals surface area (Å²) in [6, 6.07) is 2.57. The molecule has 5 heteroatoms. The summed E-state index contributed by atoms with van der Waals surface area (Å²) in [5.41, 5.74) is 6.20. The van der Waals surface area contributed by atoms with E-state index in [4.69, 9.17) is 10.8 Å². The van der Waals surface area contributed by atoms with Crippen LogP contribution in [0.2, 0.25) is 0 Å². The Morgan fingerprint density at radius 3 is 2.67 bits per heavy atom. The molecule has 1 rings (SSSR count). The molecule has 0 saturated carbocycles. The summed E-state index contributed by atoms with van der Waals surface area (Å²) in [5.74, 6) is -2.07. The quantitative estimate of drug-likeness (QED) is 0.793. The molecule has 1 unspecified atom stereocenters. The number of nitrogens with two attached hydrogens (primary N) is 1. The Balaban J connectivity index is 3.11. The van der Waals surface area contributed by atoms with Crippen molar-refractivity contribution in [1.29, 1.82) is 0 Å². The molecule has 18 heavy (non-hydrogen) atoms. The Labute approximate surface area is 106 Å². The first-order valence-corrected chi connectivity index (χ1v) is 5.93. The van der Waals surface area contributed by atoms with Crippen molar-refractivity contribution in [3.8, 4) is 0 Å². The molecule has 0 amide bonds. The van der Waals surface area contributed by atoms with Gasteiger partial charge in [-0.3, -0.25) is 0 Å². The minimum Gasteiger partial charge on any atom is -0.478 e. The zero-order chi connectivity index (χ0) is 13.9. The van der Waals surface area contributed by atoms with E-state index in [9.17, 15) is 9.18 Å². The second kappa shape index (κ2) is 5.71. The van der Waals surface area contributed by atoms with Crippen molar-refractivity contribution in [3.05, 3.63) is 23.5 Å². The third-order valence-electron chi connectivity index (χ3n) is 3.09. The van der Waals surface area contributed by atoms with E-state index in [2.05, 4.69) is 6.92 Å². The highest BCUT2D eigenvalue weighted by molar-refractivity contribution is 5.90. The van der Waals surface area contributed by atoms with Crippen molar-refractivity contribution in [2.75, 3.05) is 17.7 Å². The van der Waals surface area contributed by atoms with E-state index >= 15 is 0 Å². The van der Waals surface area contributed by atoms with Gasteiger partial charge in [0.2, 0.25) is 0 Å². The van der Waals surface area contributed by atoms with Crippen LogP contribution in [0.4, 0.5) is 15.8 Å². The number of hydrogen-bond donors (Lipinski definition) is 2. The van der Waals surface area contributed by atoms with Gasteiger partial charge in [0.25, 0.3) is 0 Å². The molecule has 0 saturated heterocycles. The number of rotatable bonds is 5. The van der Waals surface area contributed by atoms with E-state index in [1.165, 1.54) is 12.1 Å². The Morgan fingerprint density at radius 2 is 2.17 bits per heavy atom. The number of carboxylic acids is 1. The molecule has 0 spiro atoms.